The highest BCUT2D eigenvalue weighted by Crippen LogP contribution is 2.32. The standard InChI is InChI=1S/C16H15FN2O2S/c17-13-4-2-1-3-11(13)10-18-16(22)19-12-5-6-14-15(9-12)21-8-7-20-14/h1-6,9H,7-8,10H2,(H2,18,19,22). The molecule has 0 unspecified atom stereocenters. The molecule has 0 atom stereocenters. The van der Waals surface area contributed by atoms with Crippen molar-refractivity contribution in [3.63, 3.8) is 0 Å². The molecule has 6 heteroatoms. The van der Waals surface area contributed by atoms with Crippen LogP contribution in [0.3, 0.4) is 0 Å². The van der Waals surface area contributed by atoms with Gasteiger partial charge in [-0.15, -0.1) is 0 Å². The molecule has 1 aliphatic heterocycles. The first kappa shape index (κ1) is 14.6. The Morgan fingerprint density at radius 2 is 1.86 bits per heavy atom. The SMILES string of the molecule is Fc1ccccc1CNC(=S)Nc1ccc2c(c1)OCCO2. The third kappa shape index (κ3) is 3.46. The summed E-state index contributed by atoms with van der Waals surface area (Å²) in [6.07, 6.45) is 0. The zero-order valence-corrected chi connectivity index (χ0v) is 12.6. The van der Waals surface area contributed by atoms with Crippen molar-refractivity contribution >= 4 is 23.0 Å². The smallest absolute Gasteiger partial charge is 0.171 e. The van der Waals surface area contributed by atoms with Crippen molar-refractivity contribution in [2.24, 2.45) is 0 Å². The molecule has 2 N–H and O–H groups in total. The fraction of sp³-hybridized carbons (Fsp3) is 0.188. The Balaban J connectivity index is 1.59. The van der Waals surface area contributed by atoms with Gasteiger partial charge in [-0.25, -0.2) is 4.39 Å². The normalized spacial score (nSPS) is 12.6. The van der Waals surface area contributed by atoms with Crippen molar-refractivity contribution in [2.45, 2.75) is 6.54 Å². The summed E-state index contributed by atoms with van der Waals surface area (Å²) in [5, 5.41) is 6.44. The van der Waals surface area contributed by atoms with Gasteiger partial charge in [0.25, 0.3) is 0 Å². The van der Waals surface area contributed by atoms with Gasteiger partial charge in [-0.05, 0) is 30.4 Å². The van der Waals surface area contributed by atoms with Crippen LogP contribution in [0.5, 0.6) is 11.5 Å². The van der Waals surface area contributed by atoms with Crippen molar-refractivity contribution < 1.29 is 13.9 Å². The number of anilines is 1. The molecule has 4 nitrogen and oxygen atoms in total. The van der Waals surface area contributed by atoms with Crippen LogP contribution in [0.1, 0.15) is 5.56 Å². The lowest BCUT2D eigenvalue weighted by molar-refractivity contribution is 0.171. The third-order valence-electron chi connectivity index (χ3n) is 3.20. The summed E-state index contributed by atoms with van der Waals surface area (Å²) in [5.74, 6) is 1.16. The summed E-state index contributed by atoms with van der Waals surface area (Å²) in [7, 11) is 0. The molecule has 1 aliphatic rings. The number of fused-ring (bicyclic) bond motifs is 1. The maximum Gasteiger partial charge on any atom is 0.171 e. The summed E-state index contributed by atoms with van der Waals surface area (Å²) in [6, 6.07) is 12.1. The summed E-state index contributed by atoms with van der Waals surface area (Å²) < 4.78 is 24.5. The molecule has 114 valence electrons. The predicted octanol–water partition coefficient (Wildman–Crippen LogP) is 3.08. The Labute approximate surface area is 133 Å². The number of thiocarbonyl (C=S) groups is 1. The number of rotatable bonds is 3. The molecule has 0 radical (unpaired) electrons. The van der Waals surface area contributed by atoms with Gasteiger partial charge in [0.05, 0.1) is 0 Å². The molecular formula is C16H15FN2O2S. The van der Waals surface area contributed by atoms with E-state index in [0.29, 0.717) is 36.2 Å². The van der Waals surface area contributed by atoms with E-state index in [9.17, 15) is 4.39 Å². The minimum absolute atomic E-state index is 0.253. The lowest BCUT2D eigenvalue weighted by atomic mass is 10.2. The van der Waals surface area contributed by atoms with E-state index in [2.05, 4.69) is 10.6 Å². The van der Waals surface area contributed by atoms with Gasteiger partial charge in [0.2, 0.25) is 0 Å². The molecule has 0 spiro atoms. The van der Waals surface area contributed by atoms with Crippen LogP contribution < -0.4 is 20.1 Å². The molecule has 0 aliphatic carbocycles. The van der Waals surface area contributed by atoms with E-state index in [1.54, 1.807) is 18.2 Å². The summed E-state index contributed by atoms with van der Waals surface area (Å²) in [4.78, 5) is 0. The van der Waals surface area contributed by atoms with Crippen LogP contribution in [-0.2, 0) is 6.54 Å². The molecule has 0 bridgehead atoms. The van der Waals surface area contributed by atoms with E-state index >= 15 is 0 Å². The maximum absolute atomic E-state index is 13.5. The van der Waals surface area contributed by atoms with Crippen LogP contribution in [0.15, 0.2) is 42.5 Å². The Morgan fingerprint density at radius 1 is 1.09 bits per heavy atom. The minimum atomic E-state index is -0.253. The minimum Gasteiger partial charge on any atom is -0.486 e. The van der Waals surface area contributed by atoms with Gasteiger partial charge in [0.1, 0.15) is 19.0 Å². The molecule has 3 rings (SSSR count). The zero-order valence-electron chi connectivity index (χ0n) is 11.8. The van der Waals surface area contributed by atoms with E-state index in [1.807, 2.05) is 18.2 Å². The summed E-state index contributed by atoms with van der Waals surface area (Å²) >= 11 is 5.22. The van der Waals surface area contributed by atoms with E-state index in [-0.39, 0.29) is 5.82 Å². The number of benzene rings is 2. The van der Waals surface area contributed by atoms with Crippen LogP contribution in [0.2, 0.25) is 0 Å². The summed E-state index contributed by atoms with van der Waals surface area (Å²) in [6.45, 7) is 1.41. The van der Waals surface area contributed by atoms with E-state index < -0.39 is 0 Å². The van der Waals surface area contributed by atoms with Crippen molar-refractivity contribution in [3.05, 3.63) is 53.8 Å². The molecule has 0 saturated carbocycles. The van der Waals surface area contributed by atoms with Gasteiger partial charge in [-0.1, -0.05) is 18.2 Å². The molecule has 0 saturated heterocycles. The molecule has 2 aromatic rings. The number of nitrogens with one attached hydrogen (secondary N) is 2. The van der Waals surface area contributed by atoms with Crippen molar-refractivity contribution in [2.75, 3.05) is 18.5 Å². The monoisotopic (exact) mass is 318 g/mol. The first-order valence-corrected chi connectivity index (χ1v) is 7.31. The second-order valence-electron chi connectivity index (χ2n) is 4.76. The predicted molar refractivity (Wildman–Crippen MR) is 86.9 cm³/mol. The quantitative estimate of drug-likeness (QED) is 0.851. The lowest BCUT2D eigenvalue weighted by Gasteiger charge is -2.19. The van der Waals surface area contributed by atoms with Gasteiger partial charge < -0.3 is 20.1 Å². The van der Waals surface area contributed by atoms with Crippen LogP contribution in [0.4, 0.5) is 10.1 Å². The number of ether oxygens (including phenoxy) is 2. The van der Waals surface area contributed by atoms with E-state index in [1.165, 1.54) is 6.07 Å². The van der Waals surface area contributed by atoms with Crippen molar-refractivity contribution in [1.82, 2.24) is 5.32 Å². The Hall–Kier alpha value is -2.34. The Kier molecular flexibility index (Phi) is 4.39. The first-order valence-electron chi connectivity index (χ1n) is 6.90. The number of hydrogen-bond donors (Lipinski definition) is 2. The second-order valence-corrected chi connectivity index (χ2v) is 5.17. The Bertz CT molecular complexity index is 694. The highest BCUT2D eigenvalue weighted by Gasteiger charge is 2.12. The fourth-order valence-electron chi connectivity index (χ4n) is 2.11. The van der Waals surface area contributed by atoms with Crippen LogP contribution in [0, 0.1) is 5.82 Å². The number of halogens is 1. The average molecular weight is 318 g/mol. The Morgan fingerprint density at radius 3 is 2.68 bits per heavy atom. The van der Waals surface area contributed by atoms with Gasteiger partial charge in [0.15, 0.2) is 16.6 Å². The fourth-order valence-corrected chi connectivity index (χ4v) is 2.30. The highest BCUT2D eigenvalue weighted by atomic mass is 32.1. The topological polar surface area (TPSA) is 42.5 Å². The average Bonchev–Trinajstić information content (AvgIpc) is 2.54. The molecule has 0 fully saturated rings. The van der Waals surface area contributed by atoms with Crippen molar-refractivity contribution in [1.29, 1.82) is 0 Å². The zero-order chi connectivity index (χ0) is 15.4. The number of hydrogen-bond acceptors (Lipinski definition) is 3. The second kappa shape index (κ2) is 6.62. The van der Waals surface area contributed by atoms with Crippen LogP contribution in [0.25, 0.3) is 0 Å². The van der Waals surface area contributed by atoms with Crippen molar-refractivity contribution in [3.8, 4) is 11.5 Å². The highest BCUT2D eigenvalue weighted by molar-refractivity contribution is 7.80. The molecule has 0 aromatic heterocycles. The molecule has 22 heavy (non-hydrogen) atoms. The lowest BCUT2D eigenvalue weighted by Crippen LogP contribution is -2.28. The first-order chi connectivity index (χ1) is 10.7. The molecule has 2 aromatic carbocycles. The summed E-state index contributed by atoms with van der Waals surface area (Å²) in [5.41, 5.74) is 1.35. The van der Waals surface area contributed by atoms with E-state index in [4.69, 9.17) is 21.7 Å². The van der Waals surface area contributed by atoms with E-state index in [0.717, 1.165) is 11.4 Å². The molecule has 0 amide bonds. The third-order valence-corrected chi connectivity index (χ3v) is 3.44. The van der Waals surface area contributed by atoms with Gasteiger partial charge >= 0.3 is 0 Å². The largest absolute Gasteiger partial charge is 0.486 e. The van der Waals surface area contributed by atoms with Gasteiger partial charge in [0, 0.05) is 23.9 Å². The van der Waals surface area contributed by atoms with Crippen LogP contribution >= 0.6 is 12.2 Å². The molecule has 1 heterocycles. The molecular weight excluding hydrogens is 303 g/mol. The van der Waals surface area contributed by atoms with Gasteiger partial charge in [-0.3, -0.25) is 0 Å². The maximum atomic E-state index is 13.5. The van der Waals surface area contributed by atoms with Gasteiger partial charge in [-0.2, -0.15) is 0 Å². The van der Waals surface area contributed by atoms with Crippen LogP contribution in [-0.4, -0.2) is 18.3 Å².